The summed E-state index contributed by atoms with van der Waals surface area (Å²) >= 11 is 8.55. The molecule has 0 spiro atoms. The lowest BCUT2D eigenvalue weighted by Crippen LogP contribution is -2.23. The lowest BCUT2D eigenvalue weighted by Gasteiger charge is -2.07. The molecular formula is C22H18BrN3O3S. The molecule has 0 saturated carbocycles. The van der Waals surface area contributed by atoms with E-state index in [4.69, 9.17) is 21.7 Å². The number of hydrogen-bond acceptors (Lipinski definition) is 5. The van der Waals surface area contributed by atoms with Crippen LogP contribution in [0.3, 0.4) is 0 Å². The summed E-state index contributed by atoms with van der Waals surface area (Å²) in [6, 6.07) is 21.4. The molecule has 30 heavy (non-hydrogen) atoms. The summed E-state index contributed by atoms with van der Waals surface area (Å²) in [6.45, 7) is 0. The molecule has 0 bridgehead atoms. The van der Waals surface area contributed by atoms with Crippen LogP contribution >= 0.6 is 28.1 Å². The maximum Gasteiger partial charge on any atom is 0.343 e. The highest BCUT2D eigenvalue weighted by Gasteiger charge is 2.08. The van der Waals surface area contributed by atoms with E-state index >= 15 is 0 Å². The first-order valence-corrected chi connectivity index (χ1v) is 10.1. The Bertz CT molecular complexity index is 1050. The largest absolute Gasteiger partial charge is 0.497 e. The monoisotopic (exact) mass is 483 g/mol. The number of ether oxygens (including phenoxy) is 2. The second kappa shape index (κ2) is 10.5. The van der Waals surface area contributed by atoms with E-state index < -0.39 is 5.97 Å². The number of hydrazone groups is 1. The van der Waals surface area contributed by atoms with Crippen LogP contribution in [0.15, 0.2) is 82.4 Å². The highest BCUT2D eigenvalue weighted by Crippen LogP contribution is 2.17. The molecule has 0 atom stereocenters. The number of rotatable bonds is 6. The van der Waals surface area contributed by atoms with Crippen molar-refractivity contribution < 1.29 is 14.3 Å². The Labute approximate surface area is 188 Å². The van der Waals surface area contributed by atoms with Gasteiger partial charge >= 0.3 is 5.97 Å². The smallest absolute Gasteiger partial charge is 0.343 e. The van der Waals surface area contributed by atoms with Gasteiger partial charge in [-0.15, -0.1) is 0 Å². The van der Waals surface area contributed by atoms with Gasteiger partial charge in [0.25, 0.3) is 0 Å². The second-order valence-corrected chi connectivity index (χ2v) is 7.35. The Balaban J connectivity index is 1.50. The summed E-state index contributed by atoms with van der Waals surface area (Å²) < 4.78 is 11.3. The van der Waals surface area contributed by atoms with Gasteiger partial charge in [0.05, 0.1) is 18.9 Å². The van der Waals surface area contributed by atoms with E-state index in [1.165, 1.54) is 0 Å². The third-order valence-corrected chi connectivity index (χ3v) is 4.57. The zero-order valence-corrected chi connectivity index (χ0v) is 18.4. The van der Waals surface area contributed by atoms with Crippen LogP contribution in [0.4, 0.5) is 5.69 Å². The van der Waals surface area contributed by atoms with Crippen molar-refractivity contribution in [3.8, 4) is 11.5 Å². The Morgan fingerprint density at radius 3 is 2.40 bits per heavy atom. The van der Waals surface area contributed by atoms with E-state index in [9.17, 15) is 4.79 Å². The highest BCUT2D eigenvalue weighted by molar-refractivity contribution is 9.10. The molecule has 0 saturated heterocycles. The van der Waals surface area contributed by atoms with Crippen molar-refractivity contribution in [2.45, 2.75) is 0 Å². The number of esters is 1. The van der Waals surface area contributed by atoms with Gasteiger partial charge in [-0.05, 0) is 84.5 Å². The topological polar surface area (TPSA) is 71.9 Å². The van der Waals surface area contributed by atoms with Crippen LogP contribution in [0.2, 0.25) is 0 Å². The standard InChI is InChI=1S/C22H18BrN3O3S/c1-28-19-11-7-18(8-12-19)25-22(30)26-24-14-15-5-9-20(10-6-15)29-21(27)16-3-2-4-17(23)13-16/h2-14H,1H3,(H2,25,26,30). The van der Waals surface area contributed by atoms with Gasteiger partial charge in [0.2, 0.25) is 0 Å². The van der Waals surface area contributed by atoms with Gasteiger partial charge in [-0.1, -0.05) is 22.0 Å². The van der Waals surface area contributed by atoms with Crippen molar-refractivity contribution in [3.63, 3.8) is 0 Å². The van der Waals surface area contributed by atoms with Crippen molar-refractivity contribution in [1.82, 2.24) is 5.43 Å². The molecule has 0 unspecified atom stereocenters. The van der Waals surface area contributed by atoms with E-state index in [2.05, 4.69) is 31.8 Å². The van der Waals surface area contributed by atoms with Crippen molar-refractivity contribution in [2.75, 3.05) is 12.4 Å². The van der Waals surface area contributed by atoms with Crippen molar-refractivity contribution in [2.24, 2.45) is 5.10 Å². The first-order valence-electron chi connectivity index (χ1n) is 8.85. The summed E-state index contributed by atoms with van der Waals surface area (Å²) in [4.78, 5) is 12.2. The zero-order chi connectivity index (χ0) is 21.3. The van der Waals surface area contributed by atoms with Crippen LogP contribution in [0.5, 0.6) is 11.5 Å². The third-order valence-electron chi connectivity index (χ3n) is 3.88. The second-order valence-electron chi connectivity index (χ2n) is 6.02. The number of anilines is 1. The van der Waals surface area contributed by atoms with E-state index in [-0.39, 0.29) is 0 Å². The van der Waals surface area contributed by atoms with Crippen LogP contribution in [0.25, 0.3) is 0 Å². The first-order chi connectivity index (χ1) is 14.5. The van der Waals surface area contributed by atoms with Gasteiger partial charge in [-0.3, -0.25) is 5.43 Å². The normalized spacial score (nSPS) is 10.5. The molecule has 0 heterocycles. The Hall–Kier alpha value is -3.23. The molecule has 0 aliphatic carbocycles. The number of thiocarbonyl (C=S) groups is 1. The maximum atomic E-state index is 12.2. The van der Waals surface area contributed by atoms with Crippen molar-refractivity contribution in [1.29, 1.82) is 0 Å². The van der Waals surface area contributed by atoms with Gasteiger partial charge in [0, 0.05) is 10.2 Å². The van der Waals surface area contributed by atoms with Gasteiger partial charge < -0.3 is 14.8 Å². The molecule has 6 nitrogen and oxygen atoms in total. The van der Waals surface area contributed by atoms with E-state index in [0.717, 1.165) is 21.5 Å². The summed E-state index contributed by atoms with van der Waals surface area (Å²) in [7, 11) is 1.61. The minimum atomic E-state index is -0.422. The van der Waals surface area contributed by atoms with Crippen LogP contribution in [0.1, 0.15) is 15.9 Å². The minimum absolute atomic E-state index is 0.357. The maximum absolute atomic E-state index is 12.2. The Morgan fingerprint density at radius 1 is 1.03 bits per heavy atom. The Morgan fingerprint density at radius 2 is 1.73 bits per heavy atom. The average molecular weight is 484 g/mol. The molecule has 0 aliphatic rings. The molecule has 8 heteroatoms. The van der Waals surface area contributed by atoms with E-state index in [1.54, 1.807) is 55.8 Å². The number of carbonyl (C=O) groups is 1. The number of halogens is 1. The SMILES string of the molecule is COc1ccc(NC(=S)NN=Cc2ccc(OC(=O)c3cccc(Br)c3)cc2)cc1. The van der Waals surface area contributed by atoms with Crippen LogP contribution in [0, 0.1) is 0 Å². The molecule has 152 valence electrons. The molecule has 2 N–H and O–H groups in total. The average Bonchev–Trinajstić information content (AvgIpc) is 2.75. The Kier molecular flexibility index (Phi) is 7.53. The van der Waals surface area contributed by atoms with E-state index in [0.29, 0.717) is 16.4 Å². The fourth-order valence-corrected chi connectivity index (χ4v) is 2.97. The van der Waals surface area contributed by atoms with Crippen LogP contribution < -0.4 is 20.2 Å². The molecule has 0 aromatic heterocycles. The number of benzene rings is 3. The molecule has 0 fully saturated rings. The molecule has 0 aliphatic heterocycles. The van der Waals surface area contributed by atoms with Gasteiger partial charge in [-0.2, -0.15) is 5.10 Å². The molecule has 3 aromatic rings. The van der Waals surface area contributed by atoms with E-state index in [1.807, 2.05) is 30.3 Å². The first kappa shape index (κ1) is 21.5. The lowest BCUT2D eigenvalue weighted by atomic mass is 10.2. The summed E-state index contributed by atoms with van der Waals surface area (Å²) in [5.41, 5.74) is 4.86. The number of hydrogen-bond donors (Lipinski definition) is 2. The highest BCUT2D eigenvalue weighted by atomic mass is 79.9. The van der Waals surface area contributed by atoms with Crippen molar-refractivity contribution >= 4 is 51.1 Å². The quantitative estimate of drug-likeness (QED) is 0.169. The summed E-state index contributed by atoms with van der Waals surface area (Å²) in [6.07, 6.45) is 1.61. The van der Waals surface area contributed by atoms with Crippen LogP contribution in [-0.4, -0.2) is 24.4 Å². The molecule has 3 aromatic carbocycles. The molecule has 0 amide bonds. The van der Waals surface area contributed by atoms with Gasteiger partial charge in [0.1, 0.15) is 11.5 Å². The number of nitrogens with one attached hydrogen (secondary N) is 2. The number of carbonyl (C=O) groups excluding carboxylic acids is 1. The minimum Gasteiger partial charge on any atom is -0.497 e. The molecular weight excluding hydrogens is 466 g/mol. The van der Waals surface area contributed by atoms with Crippen LogP contribution in [-0.2, 0) is 0 Å². The third kappa shape index (κ3) is 6.40. The van der Waals surface area contributed by atoms with Crippen molar-refractivity contribution in [3.05, 3.63) is 88.4 Å². The zero-order valence-electron chi connectivity index (χ0n) is 16.0. The number of nitrogens with zero attached hydrogens (tertiary/aromatic N) is 1. The summed E-state index contributed by atoms with van der Waals surface area (Å²) in [5.74, 6) is 0.791. The fraction of sp³-hybridized carbons (Fsp3) is 0.0455. The molecule has 0 radical (unpaired) electrons. The van der Waals surface area contributed by atoms with Gasteiger partial charge in [-0.25, -0.2) is 4.79 Å². The fourth-order valence-electron chi connectivity index (χ4n) is 2.40. The van der Waals surface area contributed by atoms with Gasteiger partial charge in [0.15, 0.2) is 5.11 Å². The number of methoxy groups -OCH3 is 1. The summed E-state index contributed by atoms with van der Waals surface area (Å²) in [5, 5.41) is 7.48. The lowest BCUT2D eigenvalue weighted by molar-refractivity contribution is 0.0734. The molecule has 3 rings (SSSR count). The predicted octanol–water partition coefficient (Wildman–Crippen LogP) is 5.00. The predicted molar refractivity (Wildman–Crippen MR) is 125 cm³/mol.